The topological polar surface area (TPSA) is 131 Å². The van der Waals surface area contributed by atoms with Crippen LogP contribution in [0.4, 0.5) is 0 Å². The van der Waals surface area contributed by atoms with Gasteiger partial charge in [0, 0.05) is 24.7 Å². The molecule has 0 saturated carbocycles. The fraction of sp³-hybridized carbons (Fsp3) is 0.400. The number of thiophene rings is 1. The molecule has 36 heavy (non-hydrogen) atoms. The van der Waals surface area contributed by atoms with Gasteiger partial charge in [-0.15, -0.1) is 11.3 Å². The van der Waals surface area contributed by atoms with E-state index in [1.807, 2.05) is 6.07 Å². The van der Waals surface area contributed by atoms with Crippen LogP contribution in [0.1, 0.15) is 45.6 Å². The van der Waals surface area contributed by atoms with Gasteiger partial charge in [0.1, 0.15) is 27.5 Å². The van der Waals surface area contributed by atoms with Crippen LogP contribution >= 0.6 is 11.3 Å². The predicted molar refractivity (Wildman–Crippen MR) is 135 cm³/mol. The second-order valence-corrected chi connectivity index (χ2v) is 9.50. The molecule has 0 bridgehead atoms. The molecule has 4 rings (SSSR count). The minimum atomic E-state index is -0.530. The Morgan fingerprint density at radius 1 is 1.19 bits per heavy atom. The van der Waals surface area contributed by atoms with Crippen molar-refractivity contribution in [1.29, 1.82) is 0 Å². The van der Waals surface area contributed by atoms with Crippen molar-refractivity contribution in [1.82, 2.24) is 19.8 Å². The number of aromatic nitrogens is 2. The SMILES string of the molecule is CCOc1c(C(=O)NC2CCN(C(=O)CO)CC2)sc2nc(C)n(CC(=O)c3ccccc3)c(=O)c12. The first-order valence-corrected chi connectivity index (χ1v) is 12.6. The van der Waals surface area contributed by atoms with Crippen LogP contribution < -0.4 is 15.6 Å². The minimum Gasteiger partial charge on any atom is -0.491 e. The zero-order chi connectivity index (χ0) is 25.8. The molecule has 3 heterocycles. The number of amides is 2. The first kappa shape index (κ1) is 25.5. The number of hydrogen-bond acceptors (Lipinski definition) is 8. The lowest BCUT2D eigenvalue weighted by Gasteiger charge is -2.32. The van der Waals surface area contributed by atoms with Gasteiger partial charge in [0.2, 0.25) is 5.91 Å². The number of aliphatic hydroxyl groups excluding tert-OH is 1. The Kier molecular flexibility index (Phi) is 7.80. The van der Waals surface area contributed by atoms with Crippen molar-refractivity contribution in [3.63, 3.8) is 0 Å². The van der Waals surface area contributed by atoms with Crippen LogP contribution in [0.3, 0.4) is 0 Å². The zero-order valence-electron chi connectivity index (χ0n) is 20.2. The summed E-state index contributed by atoms with van der Waals surface area (Å²) in [5.74, 6) is -0.391. The van der Waals surface area contributed by atoms with E-state index in [0.29, 0.717) is 42.1 Å². The lowest BCUT2D eigenvalue weighted by molar-refractivity contribution is -0.135. The molecule has 0 unspecified atom stereocenters. The highest BCUT2D eigenvalue weighted by Crippen LogP contribution is 2.35. The van der Waals surface area contributed by atoms with Crippen molar-refractivity contribution >= 4 is 39.2 Å². The second-order valence-electron chi connectivity index (χ2n) is 8.50. The molecular formula is C25H28N4O6S. The number of piperidine rings is 1. The van der Waals surface area contributed by atoms with Gasteiger partial charge in [-0.25, -0.2) is 4.98 Å². The molecular weight excluding hydrogens is 484 g/mol. The molecule has 0 atom stereocenters. The molecule has 2 amide bonds. The largest absolute Gasteiger partial charge is 0.491 e. The molecule has 11 heteroatoms. The summed E-state index contributed by atoms with van der Waals surface area (Å²) in [6.45, 7) is 3.83. The summed E-state index contributed by atoms with van der Waals surface area (Å²) in [6.07, 6.45) is 1.11. The van der Waals surface area contributed by atoms with Gasteiger partial charge in [0.25, 0.3) is 11.5 Å². The molecule has 0 spiro atoms. The van der Waals surface area contributed by atoms with Gasteiger partial charge in [-0.05, 0) is 26.7 Å². The highest BCUT2D eigenvalue weighted by molar-refractivity contribution is 7.20. The third-order valence-corrected chi connectivity index (χ3v) is 7.23. The number of hydrogen-bond donors (Lipinski definition) is 2. The van der Waals surface area contributed by atoms with Gasteiger partial charge in [-0.2, -0.15) is 0 Å². The number of rotatable bonds is 8. The average Bonchev–Trinajstić information content (AvgIpc) is 3.25. The van der Waals surface area contributed by atoms with E-state index in [1.165, 1.54) is 4.57 Å². The summed E-state index contributed by atoms with van der Waals surface area (Å²) >= 11 is 1.08. The van der Waals surface area contributed by atoms with E-state index in [1.54, 1.807) is 43.0 Å². The number of carbonyl (C=O) groups is 3. The zero-order valence-corrected chi connectivity index (χ0v) is 21.0. The maximum atomic E-state index is 13.5. The Labute approximate surface area is 211 Å². The number of ketones is 1. The van der Waals surface area contributed by atoms with Crippen molar-refractivity contribution in [3.8, 4) is 5.75 Å². The van der Waals surface area contributed by atoms with Crippen molar-refractivity contribution < 1.29 is 24.2 Å². The van der Waals surface area contributed by atoms with E-state index in [-0.39, 0.29) is 52.8 Å². The number of benzene rings is 1. The van der Waals surface area contributed by atoms with Gasteiger partial charge in [-0.1, -0.05) is 30.3 Å². The molecule has 190 valence electrons. The van der Waals surface area contributed by atoms with Crippen molar-refractivity contribution in [3.05, 3.63) is 57.0 Å². The molecule has 3 aromatic rings. The fourth-order valence-electron chi connectivity index (χ4n) is 4.26. The summed E-state index contributed by atoms with van der Waals surface area (Å²) in [5, 5.41) is 12.2. The Bertz CT molecular complexity index is 1340. The fourth-order valence-corrected chi connectivity index (χ4v) is 5.32. The molecule has 1 aliphatic heterocycles. The molecule has 2 aromatic heterocycles. The number of fused-ring (bicyclic) bond motifs is 1. The van der Waals surface area contributed by atoms with E-state index < -0.39 is 12.2 Å². The summed E-state index contributed by atoms with van der Waals surface area (Å²) < 4.78 is 7.07. The number of ether oxygens (including phenoxy) is 1. The van der Waals surface area contributed by atoms with Crippen LogP contribution in [0, 0.1) is 6.92 Å². The van der Waals surface area contributed by atoms with E-state index in [0.717, 1.165) is 11.3 Å². The van der Waals surface area contributed by atoms with E-state index in [2.05, 4.69) is 10.3 Å². The van der Waals surface area contributed by atoms with Crippen molar-refractivity contribution in [2.24, 2.45) is 0 Å². The van der Waals surface area contributed by atoms with Gasteiger partial charge in [-0.3, -0.25) is 23.7 Å². The maximum Gasteiger partial charge on any atom is 0.266 e. The van der Waals surface area contributed by atoms with Crippen LogP contribution in [-0.2, 0) is 11.3 Å². The first-order chi connectivity index (χ1) is 17.3. The molecule has 0 aliphatic carbocycles. The smallest absolute Gasteiger partial charge is 0.266 e. The quantitative estimate of drug-likeness (QED) is 0.440. The van der Waals surface area contributed by atoms with Crippen LogP contribution in [0.25, 0.3) is 10.2 Å². The Morgan fingerprint density at radius 3 is 2.53 bits per heavy atom. The number of carbonyl (C=O) groups excluding carboxylic acids is 3. The van der Waals surface area contributed by atoms with Crippen LogP contribution in [-0.4, -0.2) is 69.5 Å². The maximum absolute atomic E-state index is 13.5. The molecule has 1 fully saturated rings. The number of likely N-dealkylation sites (tertiary alicyclic amines) is 1. The normalized spacial score (nSPS) is 14.1. The number of aliphatic hydroxyl groups is 1. The lowest BCUT2D eigenvalue weighted by Crippen LogP contribution is -2.47. The highest BCUT2D eigenvalue weighted by atomic mass is 32.1. The summed E-state index contributed by atoms with van der Waals surface area (Å²) in [7, 11) is 0. The second kappa shape index (κ2) is 11.0. The number of aryl methyl sites for hydroxylation is 1. The third-order valence-electron chi connectivity index (χ3n) is 6.17. The summed E-state index contributed by atoms with van der Waals surface area (Å²) in [6, 6.07) is 8.56. The molecule has 1 saturated heterocycles. The lowest BCUT2D eigenvalue weighted by atomic mass is 10.0. The number of Topliss-reactive ketones (excluding diaryl/α,β-unsaturated/α-hetero) is 1. The molecule has 1 aliphatic rings. The molecule has 1 aromatic carbocycles. The monoisotopic (exact) mass is 512 g/mol. The standard InChI is InChI=1S/C25H28N4O6S/c1-3-35-21-20-24(26-15(2)29(25(20)34)13-18(31)16-7-5-4-6-8-16)36-22(21)23(33)27-17-9-11-28(12-10-17)19(32)14-30/h4-8,17,30H,3,9-14H2,1-2H3,(H,27,33). The molecule has 2 N–H and O–H groups in total. The van der Waals surface area contributed by atoms with Gasteiger partial charge >= 0.3 is 0 Å². The number of nitrogens with one attached hydrogen (secondary N) is 1. The van der Waals surface area contributed by atoms with E-state index >= 15 is 0 Å². The molecule has 10 nitrogen and oxygen atoms in total. The number of nitrogens with zero attached hydrogens (tertiary/aromatic N) is 3. The minimum absolute atomic E-state index is 0.158. The Balaban J connectivity index is 1.61. The van der Waals surface area contributed by atoms with Gasteiger partial charge in [0.15, 0.2) is 11.5 Å². The van der Waals surface area contributed by atoms with Crippen molar-refractivity contribution in [2.75, 3.05) is 26.3 Å². The Hall–Kier alpha value is -3.57. The van der Waals surface area contributed by atoms with Gasteiger partial charge < -0.3 is 20.1 Å². The van der Waals surface area contributed by atoms with Crippen LogP contribution in [0.5, 0.6) is 5.75 Å². The summed E-state index contributed by atoms with van der Waals surface area (Å²) in [5.41, 5.74) is 0.0578. The third kappa shape index (κ3) is 5.17. The van der Waals surface area contributed by atoms with Crippen molar-refractivity contribution in [2.45, 2.75) is 39.3 Å². The molecule has 0 radical (unpaired) electrons. The summed E-state index contributed by atoms with van der Waals surface area (Å²) in [4.78, 5) is 57.8. The van der Waals surface area contributed by atoms with E-state index in [9.17, 15) is 19.2 Å². The van der Waals surface area contributed by atoms with Crippen LogP contribution in [0.2, 0.25) is 0 Å². The predicted octanol–water partition coefficient (Wildman–Crippen LogP) is 1.76. The van der Waals surface area contributed by atoms with Gasteiger partial charge in [0.05, 0.1) is 13.2 Å². The average molecular weight is 513 g/mol. The van der Waals surface area contributed by atoms with Crippen LogP contribution in [0.15, 0.2) is 35.1 Å². The highest BCUT2D eigenvalue weighted by Gasteiger charge is 2.28. The first-order valence-electron chi connectivity index (χ1n) is 11.8. The van der Waals surface area contributed by atoms with E-state index in [4.69, 9.17) is 9.84 Å². The Morgan fingerprint density at radius 2 is 1.89 bits per heavy atom.